The number of carbonyl (C=O) groups excluding carboxylic acids is 1. The monoisotopic (exact) mass is 294 g/mol. The Labute approximate surface area is 127 Å². The van der Waals surface area contributed by atoms with Crippen molar-refractivity contribution < 1.29 is 14.6 Å². The molecular formula is C17H14N2O3. The zero-order valence-electron chi connectivity index (χ0n) is 12.2. The number of nitrogens with zero attached hydrogens (tertiary/aromatic N) is 2. The first-order chi connectivity index (χ1) is 10.6. The third-order valence-electron chi connectivity index (χ3n) is 3.51. The smallest absolute Gasteiger partial charge is 0.356 e. The minimum absolute atomic E-state index is 0.224. The van der Waals surface area contributed by atoms with Crippen molar-refractivity contribution in [3.8, 4) is 16.9 Å². The van der Waals surface area contributed by atoms with Gasteiger partial charge in [0.1, 0.15) is 5.75 Å². The predicted molar refractivity (Wildman–Crippen MR) is 82.7 cm³/mol. The van der Waals surface area contributed by atoms with Crippen LogP contribution in [0, 0.1) is 6.92 Å². The van der Waals surface area contributed by atoms with Crippen molar-refractivity contribution in [1.29, 1.82) is 0 Å². The summed E-state index contributed by atoms with van der Waals surface area (Å²) in [4.78, 5) is 20.0. The molecule has 0 unspecified atom stereocenters. The van der Waals surface area contributed by atoms with Gasteiger partial charge < -0.3 is 9.84 Å². The third-order valence-corrected chi connectivity index (χ3v) is 3.51. The molecule has 1 N–H and O–H groups in total. The summed E-state index contributed by atoms with van der Waals surface area (Å²) in [7, 11) is 1.32. The predicted octanol–water partition coefficient (Wildman–Crippen LogP) is 3.10. The van der Waals surface area contributed by atoms with Crippen LogP contribution in [0.5, 0.6) is 5.75 Å². The highest BCUT2D eigenvalue weighted by Gasteiger charge is 2.11. The van der Waals surface area contributed by atoms with E-state index in [9.17, 15) is 9.90 Å². The van der Waals surface area contributed by atoms with Gasteiger partial charge in [-0.05, 0) is 53.9 Å². The topological polar surface area (TPSA) is 72.3 Å². The van der Waals surface area contributed by atoms with Crippen molar-refractivity contribution in [1.82, 2.24) is 9.97 Å². The summed E-state index contributed by atoms with van der Waals surface area (Å²) in [5, 5.41) is 10.5. The van der Waals surface area contributed by atoms with Gasteiger partial charge in [-0.25, -0.2) is 14.8 Å². The molecule has 0 atom stereocenters. The molecule has 5 heteroatoms. The molecule has 2 aromatic heterocycles. The highest BCUT2D eigenvalue weighted by molar-refractivity contribution is 5.96. The number of ether oxygens (including phenoxy) is 1. The molecule has 0 aliphatic heterocycles. The molecule has 0 amide bonds. The lowest BCUT2D eigenvalue weighted by Crippen LogP contribution is -2.04. The lowest BCUT2D eigenvalue weighted by molar-refractivity contribution is 0.0594. The molecule has 0 aliphatic carbocycles. The summed E-state index contributed by atoms with van der Waals surface area (Å²) >= 11 is 0. The molecule has 22 heavy (non-hydrogen) atoms. The van der Waals surface area contributed by atoms with E-state index in [4.69, 9.17) is 0 Å². The highest BCUT2D eigenvalue weighted by atomic mass is 16.5. The van der Waals surface area contributed by atoms with Gasteiger partial charge in [0.15, 0.2) is 11.3 Å². The molecule has 0 saturated carbocycles. The van der Waals surface area contributed by atoms with Crippen molar-refractivity contribution in [3.05, 3.63) is 53.9 Å². The summed E-state index contributed by atoms with van der Waals surface area (Å²) in [5.41, 5.74) is 3.39. The zero-order chi connectivity index (χ0) is 15.7. The number of aryl methyl sites for hydroxylation is 1. The van der Waals surface area contributed by atoms with Crippen LogP contribution < -0.4 is 0 Å². The zero-order valence-corrected chi connectivity index (χ0v) is 12.2. The highest BCUT2D eigenvalue weighted by Crippen LogP contribution is 2.30. The second-order valence-corrected chi connectivity index (χ2v) is 4.92. The molecule has 1 aromatic carbocycles. The maximum atomic E-state index is 11.6. The molecule has 0 fully saturated rings. The fraction of sp³-hybridized carbons (Fsp3) is 0.118. The summed E-state index contributed by atoms with van der Waals surface area (Å²) in [6, 6.07) is 10.7. The summed E-state index contributed by atoms with van der Waals surface area (Å²) in [6.07, 6.45) is 1.65. The van der Waals surface area contributed by atoms with E-state index in [0.717, 1.165) is 22.1 Å². The van der Waals surface area contributed by atoms with Crippen LogP contribution in [0.15, 0.2) is 42.6 Å². The van der Waals surface area contributed by atoms with Crippen LogP contribution in [0.3, 0.4) is 0 Å². The van der Waals surface area contributed by atoms with Crippen LogP contribution in [-0.4, -0.2) is 28.2 Å². The number of aromatic hydroxyl groups is 1. The number of methoxy groups -OCH3 is 1. The van der Waals surface area contributed by atoms with Crippen LogP contribution in [0.1, 0.15) is 16.1 Å². The van der Waals surface area contributed by atoms with Crippen LogP contribution in [0.2, 0.25) is 0 Å². The average Bonchev–Trinajstić information content (AvgIpc) is 2.55. The number of carbonyl (C=O) groups is 1. The second kappa shape index (κ2) is 5.44. The van der Waals surface area contributed by atoms with Gasteiger partial charge in [-0.15, -0.1) is 0 Å². The number of pyridine rings is 2. The molecule has 3 rings (SSSR count). The summed E-state index contributed by atoms with van der Waals surface area (Å²) < 4.78 is 4.67. The fourth-order valence-corrected chi connectivity index (χ4v) is 2.32. The molecule has 0 saturated heterocycles. The van der Waals surface area contributed by atoms with Gasteiger partial charge >= 0.3 is 5.97 Å². The lowest BCUT2D eigenvalue weighted by Gasteiger charge is -2.08. The number of rotatable bonds is 2. The number of fused-ring (bicyclic) bond motifs is 1. The molecule has 0 aliphatic rings. The Morgan fingerprint density at radius 2 is 2.00 bits per heavy atom. The number of phenolic OH excluding ortho intramolecular Hbond substituents is 1. The first-order valence-corrected chi connectivity index (χ1v) is 6.74. The molecular weight excluding hydrogens is 280 g/mol. The van der Waals surface area contributed by atoms with E-state index in [2.05, 4.69) is 14.7 Å². The molecule has 0 bridgehead atoms. The molecule has 0 spiro atoms. The van der Waals surface area contributed by atoms with Crippen molar-refractivity contribution in [2.75, 3.05) is 7.11 Å². The van der Waals surface area contributed by atoms with E-state index in [1.807, 2.05) is 25.1 Å². The lowest BCUT2D eigenvalue weighted by atomic mass is 10.0. The van der Waals surface area contributed by atoms with Crippen molar-refractivity contribution >= 4 is 17.0 Å². The van der Waals surface area contributed by atoms with Gasteiger partial charge in [-0.1, -0.05) is 6.07 Å². The Morgan fingerprint density at radius 3 is 2.73 bits per heavy atom. The third kappa shape index (κ3) is 2.37. The second-order valence-electron chi connectivity index (χ2n) is 4.92. The Morgan fingerprint density at radius 1 is 1.18 bits per heavy atom. The summed E-state index contributed by atoms with van der Waals surface area (Å²) in [6.45, 7) is 1.84. The largest absolute Gasteiger partial charge is 0.508 e. The Hall–Kier alpha value is -2.95. The molecule has 2 heterocycles. The molecule has 3 aromatic rings. The molecule has 0 radical (unpaired) electrons. The first-order valence-electron chi connectivity index (χ1n) is 6.74. The van der Waals surface area contributed by atoms with Crippen molar-refractivity contribution in [2.45, 2.75) is 6.92 Å². The number of benzene rings is 1. The normalized spacial score (nSPS) is 10.6. The Bertz CT molecular complexity index is 875. The van der Waals surface area contributed by atoms with E-state index in [1.165, 1.54) is 7.11 Å². The van der Waals surface area contributed by atoms with Crippen LogP contribution in [0.25, 0.3) is 22.2 Å². The number of aromatic nitrogens is 2. The average molecular weight is 294 g/mol. The minimum Gasteiger partial charge on any atom is -0.508 e. The SMILES string of the molecule is COC(=O)c1ccc2c(-c3ccc(O)c(C)c3)ccnc2n1. The molecule has 110 valence electrons. The quantitative estimate of drug-likeness (QED) is 0.735. The van der Waals surface area contributed by atoms with Gasteiger partial charge in [0, 0.05) is 11.6 Å². The number of hydrogen-bond donors (Lipinski definition) is 1. The maximum Gasteiger partial charge on any atom is 0.356 e. The Kier molecular flexibility index (Phi) is 3.47. The van der Waals surface area contributed by atoms with Gasteiger partial charge in [0.05, 0.1) is 7.11 Å². The fourth-order valence-electron chi connectivity index (χ4n) is 2.32. The van der Waals surface area contributed by atoms with Gasteiger partial charge in [-0.2, -0.15) is 0 Å². The van der Waals surface area contributed by atoms with Crippen molar-refractivity contribution in [2.24, 2.45) is 0 Å². The Balaban J connectivity index is 2.18. The number of hydrogen-bond acceptors (Lipinski definition) is 5. The summed E-state index contributed by atoms with van der Waals surface area (Å²) in [5.74, 6) is -0.234. The number of phenols is 1. The standard InChI is InChI=1S/C17H14N2O3/c1-10-9-11(3-6-15(10)20)12-7-8-18-16-13(12)4-5-14(19-16)17(21)22-2/h3-9,20H,1-2H3. The van der Waals surface area contributed by atoms with Crippen LogP contribution in [0.4, 0.5) is 0 Å². The van der Waals surface area contributed by atoms with Crippen molar-refractivity contribution in [3.63, 3.8) is 0 Å². The van der Waals surface area contributed by atoms with Gasteiger partial charge in [-0.3, -0.25) is 0 Å². The van der Waals surface area contributed by atoms with E-state index in [0.29, 0.717) is 5.65 Å². The minimum atomic E-state index is -0.491. The van der Waals surface area contributed by atoms with Crippen LogP contribution >= 0.6 is 0 Å². The van der Waals surface area contributed by atoms with Gasteiger partial charge in [0.25, 0.3) is 0 Å². The number of esters is 1. The van der Waals surface area contributed by atoms with Crippen LogP contribution in [-0.2, 0) is 4.74 Å². The van der Waals surface area contributed by atoms with Gasteiger partial charge in [0.2, 0.25) is 0 Å². The maximum absolute atomic E-state index is 11.6. The van der Waals surface area contributed by atoms with E-state index >= 15 is 0 Å². The van der Waals surface area contributed by atoms with E-state index in [-0.39, 0.29) is 11.4 Å². The first kappa shape index (κ1) is 14.0. The van der Waals surface area contributed by atoms with E-state index in [1.54, 1.807) is 24.4 Å². The molecule has 5 nitrogen and oxygen atoms in total. The van der Waals surface area contributed by atoms with E-state index < -0.39 is 5.97 Å².